The third-order valence-corrected chi connectivity index (χ3v) is 8.56. The average molecular weight is 521 g/mol. The molecule has 0 atom stereocenters. The molecule has 0 aliphatic heterocycles. The summed E-state index contributed by atoms with van der Waals surface area (Å²) in [6.45, 7) is 3.65. The first kappa shape index (κ1) is 25.2. The summed E-state index contributed by atoms with van der Waals surface area (Å²) in [5.74, 6) is -0.821. The summed E-state index contributed by atoms with van der Waals surface area (Å²) < 4.78 is 57.0. The number of amides is 1. The Morgan fingerprint density at radius 2 is 1.14 bits per heavy atom. The molecule has 4 aromatic rings. The number of benzene rings is 4. The van der Waals surface area contributed by atoms with Gasteiger partial charge < -0.3 is 0 Å². The molecule has 7 nitrogen and oxygen atoms in total. The lowest BCUT2D eigenvalue weighted by Gasteiger charge is -2.25. The predicted octanol–water partition coefficient (Wildman–Crippen LogP) is 5.14. The Balaban J connectivity index is 1.87. The minimum Gasteiger partial charge on any atom is -0.277 e. The number of hydrogen-bond donors (Lipinski definition) is 1. The number of rotatable bonds is 7. The van der Waals surface area contributed by atoms with Crippen LogP contribution in [-0.2, 0) is 20.0 Å². The first-order chi connectivity index (χ1) is 17.1. The van der Waals surface area contributed by atoms with Crippen LogP contribution in [0.4, 0.5) is 11.4 Å². The normalized spacial score (nSPS) is 11.6. The topological polar surface area (TPSA) is 101 Å². The van der Waals surface area contributed by atoms with Gasteiger partial charge in [-0.15, -0.1) is 0 Å². The van der Waals surface area contributed by atoms with Crippen LogP contribution < -0.4 is 9.03 Å². The summed E-state index contributed by atoms with van der Waals surface area (Å²) >= 11 is 0. The van der Waals surface area contributed by atoms with Crippen LogP contribution in [0.3, 0.4) is 0 Å². The third kappa shape index (κ3) is 5.17. The van der Waals surface area contributed by atoms with E-state index in [1.54, 1.807) is 48.5 Å². The van der Waals surface area contributed by atoms with Crippen LogP contribution in [0.1, 0.15) is 21.5 Å². The van der Waals surface area contributed by atoms with E-state index in [-0.39, 0.29) is 26.7 Å². The van der Waals surface area contributed by atoms with Crippen molar-refractivity contribution in [2.75, 3.05) is 9.03 Å². The van der Waals surface area contributed by atoms with Crippen molar-refractivity contribution < 1.29 is 21.6 Å². The Morgan fingerprint density at radius 1 is 0.639 bits per heavy atom. The minimum atomic E-state index is -4.42. The highest BCUT2D eigenvalue weighted by Crippen LogP contribution is 2.33. The van der Waals surface area contributed by atoms with E-state index in [9.17, 15) is 21.6 Å². The Morgan fingerprint density at radius 3 is 1.72 bits per heavy atom. The maximum Gasteiger partial charge on any atom is 0.272 e. The molecule has 0 radical (unpaired) electrons. The number of aryl methyl sites for hydroxylation is 2. The van der Waals surface area contributed by atoms with Crippen LogP contribution in [0.5, 0.6) is 0 Å². The summed E-state index contributed by atoms with van der Waals surface area (Å²) in [4.78, 5) is 13.5. The van der Waals surface area contributed by atoms with Crippen molar-refractivity contribution in [2.45, 2.75) is 23.6 Å². The van der Waals surface area contributed by atoms with Crippen molar-refractivity contribution in [1.82, 2.24) is 0 Å². The summed E-state index contributed by atoms with van der Waals surface area (Å²) in [5.41, 5.74) is 1.68. The van der Waals surface area contributed by atoms with Gasteiger partial charge in [0.05, 0.1) is 21.2 Å². The molecule has 184 valence electrons. The molecule has 4 rings (SSSR count). The SMILES string of the molecule is Cc1ccc(S(=O)(=O)Nc2ccccc2N(C(=O)c2ccccc2)S(=O)(=O)c2ccc(C)cc2)cc1. The van der Waals surface area contributed by atoms with Gasteiger partial charge in [0.2, 0.25) is 0 Å². The van der Waals surface area contributed by atoms with Gasteiger partial charge >= 0.3 is 0 Å². The maximum absolute atomic E-state index is 13.8. The summed E-state index contributed by atoms with van der Waals surface area (Å²) in [6.07, 6.45) is 0. The second kappa shape index (κ2) is 9.96. The molecule has 0 bridgehead atoms. The van der Waals surface area contributed by atoms with Gasteiger partial charge in [-0.1, -0.05) is 65.7 Å². The molecular weight excluding hydrogens is 496 g/mol. The van der Waals surface area contributed by atoms with Gasteiger partial charge in [0, 0.05) is 5.56 Å². The average Bonchev–Trinajstić information content (AvgIpc) is 2.86. The Bertz CT molecular complexity index is 1600. The van der Waals surface area contributed by atoms with E-state index >= 15 is 0 Å². The van der Waals surface area contributed by atoms with E-state index in [1.807, 2.05) is 13.8 Å². The van der Waals surface area contributed by atoms with Gasteiger partial charge in [0.15, 0.2) is 0 Å². The standard InChI is InChI=1S/C27H24N2O5S2/c1-20-12-16-23(17-13-20)35(31,32)28-25-10-6-7-11-26(25)29(27(30)22-8-4-3-5-9-22)36(33,34)24-18-14-21(2)15-19-24/h3-19,28H,1-2H3. The molecular formula is C27H24N2O5S2. The van der Waals surface area contributed by atoms with Gasteiger partial charge in [-0.2, -0.15) is 4.31 Å². The van der Waals surface area contributed by atoms with Crippen molar-refractivity contribution in [1.29, 1.82) is 0 Å². The molecule has 0 aromatic heterocycles. The van der Waals surface area contributed by atoms with Crippen molar-refractivity contribution >= 4 is 37.3 Å². The van der Waals surface area contributed by atoms with E-state index in [1.165, 1.54) is 54.6 Å². The smallest absolute Gasteiger partial charge is 0.272 e. The number of carbonyl (C=O) groups is 1. The molecule has 4 aromatic carbocycles. The number of carbonyl (C=O) groups excluding carboxylic acids is 1. The number of nitrogens with zero attached hydrogens (tertiary/aromatic N) is 1. The molecule has 0 aliphatic carbocycles. The van der Waals surface area contributed by atoms with Crippen LogP contribution in [0.2, 0.25) is 0 Å². The zero-order valence-corrected chi connectivity index (χ0v) is 21.3. The molecule has 36 heavy (non-hydrogen) atoms. The molecule has 0 spiro atoms. The summed E-state index contributed by atoms with van der Waals surface area (Å²) in [7, 11) is -8.49. The largest absolute Gasteiger partial charge is 0.277 e. The third-order valence-electron chi connectivity index (χ3n) is 5.46. The number of nitrogens with one attached hydrogen (secondary N) is 1. The number of sulfonamides is 2. The molecule has 0 heterocycles. The number of anilines is 2. The van der Waals surface area contributed by atoms with Gasteiger partial charge in [0.25, 0.3) is 26.0 Å². The fraction of sp³-hybridized carbons (Fsp3) is 0.0741. The van der Waals surface area contributed by atoms with Crippen LogP contribution in [-0.4, -0.2) is 22.7 Å². The first-order valence-corrected chi connectivity index (χ1v) is 13.9. The van der Waals surface area contributed by atoms with Crippen molar-refractivity contribution in [3.05, 3.63) is 120 Å². The lowest BCUT2D eigenvalue weighted by atomic mass is 10.2. The van der Waals surface area contributed by atoms with Gasteiger partial charge in [0.1, 0.15) is 0 Å². The molecule has 0 aliphatic rings. The summed E-state index contributed by atoms with van der Waals surface area (Å²) in [6, 6.07) is 26.2. The van der Waals surface area contributed by atoms with Crippen molar-refractivity contribution in [3.8, 4) is 0 Å². The van der Waals surface area contributed by atoms with E-state index in [0.29, 0.717) is 4.31 Å². The van der Waals surface area contributed by atoms with Crippen molar-refractivity contribution in [3.63, 3.8) is 0 Å². The first-order valence-electron chi connectivity index (χ1n) is 11.0. The lowest BCUT2D eigenvalue weighted by Crippen LogP contribution is -2.37. The minimum absolute atomic E-state index is 0.00484. The second-order valence-corrected chi connectivity index (χ2v) is 11.7. The zero-order chi connectivity index (χ0) is 25.9. The van der Waals surface area contributed by atoms with Gasteiger partial charge in [-0.25, -0.2) is 16.8 Å². The molecule has 9 heteroatoms. The van der Waals surface area contributed by atoms with Crippen LogP contribution in [0.15, 0.2) is 113 Å². The number of para-hydroxylation sites is 2. The quantitative estimate of drug-likeness (QED) is 0.364. The molecule has 0 fully saturated rings. The predicted molar refractivity (Wildman–Crippen MR) is 140 cm³/mol. The van der Waals surface area contributed by atoms with Crippen LogP contribution >= 0.6 is 0 Å². The Labute approximate surface area is 211 Å². The fourth-order valence-corrected chi connectivity index (χ4v) is 6.03. The van der Waals surface area contributed by atoms with Crippen molar-refractivity contribution in [2.24, 2.45) is 0 Å². The molecule has 0 unspecified atom stereocenters. The van der Waals surface area contributed by atoms with E-state index in [4.69, 9.17) is 0 Å². The van der Waals surface area contributed by atoms with Crippen LogP contribution in [0, 0.1) is 13.8 Å². The highest BCUT2D eigenvalue weighted by molar-refractivity contribution is 7.94. The van der Waals surface area contributed by atoms with E-state index < -0.39 is 26.0 Å². The van der Waals surface area contributed by atoms with E-state index in [0.717, 1.165) is 11.1 Å². The summed E-state index contributed by atoms with van der Waals surface area (Å²) in [5, 5.41) is 0. The highest BCUT2D eigenvalue weighted by atomic mass is 32.2. The van der Waals surface area contributed by atoms with Gasteiger partial charge in [-0.05, 0) is 62.4 Å². The molecule has 0 saturated carbocycles. The highest BCUT2D eigenvalue weighted by Gasteiger charge is 2.34. The van der Waals surface area contributed by atoms with Crippen LogP contribution in [0.25, 0.3) is 0 Å². The molecule has 0 saturated heterocycles. The lowest BCUT2D eigenvalue weighted by molar-refractivity contribution is 0.101. The fourth-order valence-electron chi connectivity index (χ4n) is 3.52. The van der Waals surface area contributed by atoms with Gasteiger partial charge in [-0.3, -0.25) is 9.52 Å². The molecule has 1 N–H and O–H groups in total. The second-order valence-electron chi connectivity index (χ2n) is 8.19. The zero-order valence-electron chi connectivity index (χ0n) is 19.6. The number of hydrogen-bond acceptors (Lipinski definition) is 5. The van der Waals surface area contributed by atoms with E-state index in [2.05, 4.69) is 4.72 Å². The monoisotopic (exact) mass is 520 g/mol. The molecule has 1 amide bonds. The maximum atomic E-state index is 13.8. The Kier molecular flexibility index (Phi) is 6.96. The Hall–Kier alpha value is -3.95.